The molecule has 3 N–H and O–H groups in total. The summed E-state index contributed by atoms with van der Waals surface area (Å²) in [5.41, 5.74) is -2.20. The van der Waals surface area contributed by atoms with E-state index in [1.165, 1.54) is 43.3 Å². The maximum Gasteiger partial charge on any atom is 0.324 e. The predicted octanol–water partition coefficient (Wildman–Crippen LogP) is 1.59. The first-order valence-corrected chi connectivity index (χ1v) is 9.08. The molecule has 10 nitrogen and oxygen atoms in total. The van der Waals surface area contributed by atoms with Gasteiger partial charge in [-0.25, -0.2) is 4.90 Å². The van der Waals surface area contributed by atoms with E-state index in [0.717, 1.165) is 0 Å². The highest BCUT2D eigenvalue weighted by atomic mass is 16.6. The van der Waals surface area contributed by atoms with Gasteiger partial charge in [-0.1, -0.05) is 30.3 Å². The fourth-order valence-corrected chi connectivity index (χ4v) is 4.40. The Kier molecular flexibility index (Phi) is 4.31. The summed E-state index contributed by atoms with van der Waals surface area (Å²) in [5.74, 6) is -5.58. The van der Waals surface area contributed by atoms with Gasteiger partial charge >= 0.3 is 5.97 Å². The molecular formula is C20H17N3O7. The van der Waals surface area contributed by atoms with Crippen LogP contribution in [0.5, 0.6) is 5.75 Å². The minimum atomic E-state index is -1.82. The first-order chi connectivity index (χ1) is 14.2. The molecule has 0 radical (unpaired) electrons. The zero-order valence-electron chi connectivity index (χ0n) is 15.7. The zero-order valence-corrected chi connectivity index (χ0v) is 15.7. The molecule has 0 unspecified atom stereocenters. The van der Waals surface area contributed by atoms with Crippen LogP contribution in [0.4, 0.5) is 11.4 Å². The first kappa shape index (κ1) is 19.5. The Labute approximate surface area is 169 Å². The summed E-state index contributed by atoms with van der Waals surface area (Å²) in [6.07, 6.45) is 0. The van der Waals surface area contributed by atoms with Crippen LogP contribution in [0.3, 0.4) is 0 Å². The number of hydrogen-bond donors (Lipinski definition) is 3. The molecule has 10 heteroatoms. The van der Waals surface area contributed by atoms with Crippen LogP contribution < -0.4 is 10.2 Å². The van der Waals surface area contributed by atoms with E-state index >= 15 is 0 Å². The minimum Gasteiger partial charge on any atom is -0.508 e. The number of anilines is 1. The molecule has 0 saturated carbocycles. The number of rotatable bonds is 4. The quantitative estimate of drug-likeness (QED) is 0.390. The second-order valence-corrected chi connectivity index (χ2v) is 7.45. The van der Waals surface area contributed by atoms with E-state index in [4.69, 9.17) is 0 Å². The number of nitro groups is 1. The van der Waals surface area contributed by atoms with Gasteiger partial charge in [-0.15, -0.1) is 0 Å². The van der Waals surface area contributed by atoms with Gasteiger partial charge in [0.15, 0.2) is 0 Å². The average Bonchev–Trinajstić information content (AvgIpc) is 3.16. The molecule has 154 valence electrons. The Bertz CT molecular complexity index is 1100. The number of imide groups is 1. The summed E-state index contributed by atoms with van der Waals surface area (Å²) in [5, 5.41) is 34.4. The number of nitrogens with zero attached hydrogens (tertiary/aromatic N) is 2. The lowest BCUT2D eigenvalue weighted by atomic mass is 9.80. The van der Waals surface area contributed by atoms with E-state index in [-0.39, 0.29) is 17.0 Å². The number of aromatic hydroxyl groups is 1. The molecule has 0 aromatic heterocycles. The van der Waals surface area contributed by atoms with E-state index in [2.05, 4.69) is 5.32 Å². The average molecular weight is 411 g/mol. The predicted molar refractivity (Wildman–Crippen MR) is 103 cm³/mol. The molecule has 0 spiro atoms. The van der Waals surface area contributed by atoms with E-state index in [1.54, 1.807) is 12.1 Å². The number of para-hydroxylation sites is 3. The molecule has 2 aromatic carbocycles. The van der Waals surface area contributed by atoms with E-state index in [0.29, 0.717) is 4.90 Å². The van der Waals surface area contributed by atoms with Gasteiger partial charge in [0.05, 0.1) is 16.8 Å². The van der Waals surface area contributed by atoms with Gasteiger partial charge in [0.25, 0.3) is 5.69 Å². The molecule has 2 aromatic rings. The fourth-order valence-electron chi connectivity index (χ4n) is 4.40. The number of carboxylic acids is 1. The highest BCUT2D eigenvalue weighted by molar-refractivity contribution is 6.25. The van der Waals surface area contributed by atoms with E-state index in [9.17, 15) is 34.7 Å². The van der Waals surface area contributed by atoms with Crippen LogP contribution in [0.1, 0.15) is 18.5 Å². The lowest BCUT2D eigenvalue weighted by Crippen LogP contribution is -2.53. The summed E-state index contributed by atoms with van der Waals surface area (Å²) in [4.78, 5) is 50.1. The van der Waals surface area contributed by atoms with Crippen molar-refractivity contribution in [1.29, 1.82) is 0 Å². The maximum absolute atomic E-state index is 13.3. The normalized spacial score (nSPS) is 27.9. The molecule has 2 aliphatic heterocycles. The van der Waals surface area contributed by atoms with Crippen molar-refractivity contribution in [2.45, 2.75) is 18.5 Å². The number of nitrogens with one attached hydrogen (secondary N) is 1. The third-order valence-electron chi connectivity index (χ3n) is 5.82. The molecule has 2 amide bonds. The number of phenolic OH excluding ortho intramolecular Hbond substituents is 1. The molecule has 2 heterocycles. The van der Waals surface area contributed by atoms with Crippen LogP contribution in [0.15, 0.2) is 48.5 Å². The molecular weight excluding hydrogens is 394 g/mol. The summed E-state index contributed by atoms with van der Waals surface area (Å²) >= 11 is 0. The lowest BCUT2D eigenvalue weighted by Gasteiger charge is -2.27. The third kappa shape index (κ3) is 2.57. The van der Waals surface area contributed by atoms with E-state index < -0.39 is 51.8 Å². The number of carboxylic acid groups (broad SMARTS) is 1. The summed E-state index contributed by atoms with van der Waals surface area (Å²) in [6.45, 7) is 1.29. The second-order valence-electron chi connectivity index (χ2n) is 7.45. The SMILES string of the molecule is C[C@]1(C(=O)O)N[C@@H](c2ccccc2O)[C@@H]2C(=O)N(c3ccccc3[N+](=O)[O-])C(=O)[C@@H]21. The Morgan fingerprint density at radius 1 is 1.13 bits per heavy atom. The highest BCUT2D eigenvalue weighted by Gasteiger charge is 2.67. The molecule has 2 saturated heterocycles. The minimum absolute atomic E-state index is 0.159. The Morgan fingerprint density at radius 3 is 2.40 bits per heavy atom. The molecule has 4 rings (SSSR count). The smallest absolute Gasteiger partial charge is 0.324 e. The van der Waals surface area contributed by atoms with Crippen molar-refractivity contribution in [3.8, 4) is 5.75 Å². The Hall–Kier alpha value is -3.79. The second kappa shape index (κ2) is 6.63. The van der Waals surface area contributed by atoms with Crippen molar-refractivity contribution in [3.63, 3.8) is 0 Å². The van der Waals surface area contributed by atoms with Crippen molar-refractivity contribution in [1.82, 2.24) is 5.32 Å². The number of carbonyl (C=O) groups excluding carboxylic acids is 2. The van der Waals surface area contributed by atoms with Gasteiger partial charge in [-0.05, 0) is 19.1 Å². The number of hydrogen-bond acceptors (Lipinski definition) is 7. The standard InChI is InChI=1S/C20H17N3O7/c1-20(19(27)28)15-14(16(21-20)10-6-2-5-9-13(10)24)17(25)22(18(15)26)11-7-3-4-8-12(11)23(29)30/h2-9,14-16,21,24H,1H3,(H,27,28)/t14-,15-,16+,20+/m1/s1. The molecule has 2 fully saturated rings. The Morgan fingerprint density at radius 2 is 1.77 bits per heavy atom. The van der Waals surface area contributed by atoms with Gasteiger partial charge < -0.3 is 10.2 Å². The van der Waals surface area contributed by atoms with Crippen LogP contribution in [0.25, 0.3) is 0 Å². The number of carbonyl (C=O) groups is 3. The van der Waals surface area contributed by atoms with Gasteiger partial charge in [0, 0.05) is 17.7 Å². The van der Waals surface area contributed by atoms with Gasteiger partial charge in [-0.2, -0.15) is 0 Å². The number of nitro benzene ring substituents is 1. The molecule has 4 atom stereocenters. The van der Waals surface area contributed by atoms with Crippen molar-refractivity contribution < 1.29 is 29.5 Å². The Balaban J connectivity index is 1.88. The van der Waals surface area contributed by atoms with Crippen molar-refractivity contribution in [3.05, 3.63) is 64.2 Å². The molecule has 2 aliphatic rings. The number of benzene rings is 2. The molecule has 30 heavy (non-hydrogen) atoms. The van der Waals surface area contributed by atoms with Crippen molar-refractivity contribution >= 4 is 29.2 Å². The zero-order chi connectivity index (χ0) is 21.8. The summed E-state index contributed by atoms with van der Waals surface area (Å²) in [7, 11) is 0. The van der Waals surface area contributed by atoms with Crippen LogP contribution in [-0.2, 0) is 14.4 Å². The van der Waals surface area contributed by atoms with Crippen LogP contribution in [0, 0.1) is 22.0 Å². The summed E-state index contributed by atoms with van der Waals surface area (Å²) < 4.78 is 0. The van der Waals surface area contributed by atoms with Gasteiger partial charge in [0.2, 0.25) is 11.8 Å². The van der Waals surface area contributed by atoms with Crippen LogP contribution in [-0.4, -0.2) is 38.5 Å². The summed E-state index contributed by atoms with van der Waals surface area (Å²) in [6, 6.07) is 10.4. The fraction of sp³-hybridized carbons (Fsp3) is 0.250. The van der Waals surface area contributed by atoms with Gasteiger partial charge in [-0.3, -0.25) is 29.8 Å². The van der Waals surface area contributed by atoms with Crippen LogP contribution in [0.2, 0.25) is 0 Å². The van der Waals surface area contributed by atoms with Crippen molar-refractivity contribution in [2.75, 3.05) is 4.90 Å². The van der Waals surface area contributed by atoms with Crippen LogP contribution >= 0.6 is 0 Å². The number of aliphatic carboxylic acids is 1. The number of fused-ring (bicyclic) bond motifs is 1. The lowest BCUT2D eigenvalue weighted by molar-refractivity contribution is -0.384. The number of amides is 2. The monoisotopic (exact) mass is 411 g/mol. The number of phenols is 1. The van der Waals surface area contributed by atoms with E-state index in [1.807, 2.05) is 0 Å². The molecule has 0 aliphatic carbocycles. The highest BCUT2D eigenvalue weighted by Crippen LogP contribution is 2.51. The third-order valence-corrected chi connectivity index (χ3v) is 5.82. The first-order valence-electron chi connectivity index (χ1n) is 9.08. The van der Waals surface area contributed by atoms with Gasteiger partial charge in [0.1, 0.15) is 17.0 Å². The topological polar surface area (TPSA) is 150 Å². The van der Waals surface area contributed by atoms with Crippen molar-refractivity contribution in [2.24, 2.45) is 11.8 Å². The largest absolute Gasteiger partial charge is 0.508 e. The molecule has 0 bridgehead atoms. The maximum atomic E-state index is 13.3.